The van der Waals surface area contributed by atoms with Crippen LogP contribution < -0.4 is 5.73 Å². The first-order valence-corrected chi connectivity index (χ1v) is 8.58. The molecule has 0 aromatic rings. The molecule has 3 rings (SSSR count). The molecule has 1 aliphatic carbocycles. The minimum absolute atomic E-state index is 0.0568. The predicted octanol–water partition coefficient (Wildman–Crippen LogP) is 1.02. The van der Waals surface area contributed by atoms with Crippen LogP contribution in [0.3, 0.4) is 0 Å². The van der Waals surface area contributed by atoms with Gasteiger partial charge in [0.25, 0.3) is 0 Å². The Kier molecular flexibility index (Phi) is 4.46. The molecule has 3 fully saturated rings. The van der Waals surface area contributed by atoms with Gasteiger partial charge in [0.15, 0.2) is 0 Å². The third-order valence-electron chi connectivity index (χ3n) is 5.71. The highest BCUT2D eigenvalue weighted by Gasteiger charge is 2.49. The molecule has 0 aromatic heterocycles. The Morgan fingerprint density at radius 3 is 2.48 bits per heavy atom. The topological polar surface area (TPSA) is 104 Å². The number of rotatable bonds is 2. The highest BCUT2D eigenvalue weighted by atomic mass is 16.4. The van der Waals surface area contributed by atoms with Crippen LogP contribution in [0.2, 0.25) is 0 Å². The molecular formula is C16H25N3O4. The molecule has 0 aromatic carbocycles. The van der Waals surface area contributed by atoms with Crippen molar-refractivity contribution in [3.8, 4) is 0 Å². The van der Waals surface area contributed by atoms with Crippen molar-refractivity contribution in [3.05, 3.63) is 0 Å². The molecule has 3 N–H and O–H groups in total. The third kappa shape index (κ3) is 3.01. The first-order valence-electron chi connectivity index (χ1n) is 8.58. The zero-order chi connectivity index (χ0) is 16.6. The summed E-state index contributed by atoms with van der Waals surface area (Å²) in [6, 6.07) is -1.16. The number of amides is 3. The number of carbonyl (C=O) groups is 3. The number of nitrogens with two attached hydrogens (primary N) is 1. The Morgan fingerprint density at radius 1 is 1.04 bits per heavy atom. The van der Waals surface area contributed by atoms with E-state index in [-0.39, 0.29) is 17.9 Å². The average molecular weight is 323 g/mol. The minimum Gasteiger partial charge on any atom is -0.480 e. The van der Waals surface area contributed by atoms with E-state index >= 15 is 0 Å². The molecule has 7 nitrogen and oxygen atoms in total. The number of carbonyl (C=O) groups excluding carboxylic acids is 2. The monoisotopic (exact) mass is 323 g/mol. The number of likely N-dealkylation sites (tertiary alicyclic amines) is 2. The highest BCUT2D eigenvalue weighted by Crippen LogP contribution is 2.41. The summed E-state index contributed by atoms with van der Waals surface area (Å²) in [6.07, 6.45) is 6.08. The Balaban J connectivity index is 1.78. The standard InChI is InChI=1S/C16H25N3O4/c17-16(23)18-7-3-5-11(9-18)14(20)19-12-6-2-1-4-10(12)8-13(19)15(21)22/h10-13H,1-9H2,(H2,17,23)(H,21,22)/t10-,11+,12+,13+/m1/s1. The number of primary amides is 1. The second-order valence-electron chi connectivity index (χ2n) is 7.07. The minimum atomic E-state index is -0.907. The van der Waals surface area contributed by atoms with Crippen molar-refractivity contribution in [2.75, 3.05) is 13.1 Å². The normalized spacial score (nSPS) is 34.1. The number of carboxylic acids is 1. The van der Waals surface area contributed by atoms with Crippen molar-refractivity contribution in [1.29, 1.82) is 0 Å². The molecule has 0 bridgehead atoms. The highest BCUT2D eigenvalue weighted by molar-refractivity contribution is 5.87. The van der Waals surface area contributed by atoms with Crippen molar-refractivity contribution >= 4 is 17.9 Å². The fourth-order valence-corrected chi connectivity index (χ4v) is 4.59. The van der Waals surface area contributed by atoms with E-state index in [1.165, 1.54) is 4.90 Å². The van der Waals surface area contributed by atoms with Crippen LogP contribution in [0.1, 0.15) is 44.9 Å². The summed E-state index contributed by atoms with van der Waals surface area (Å²) in [5.41, 5.74) is 5.33. The van der Waals surface area contributed by atoms with Crippen LogP contribution in [0.4, 0.5) is 4.79 Å². The third-order valence-corrected chi connectivity index (χ3v) is 5.71. The second kappa shape index (κ2) is 6.37. The molecule has 0 spiro atoms. The summed E-state index contributed by atoms with van der Waals surface area (Å²) in [7, 11) is 0. The number of piperidine rings is 1. The van der Waals surface area contributed by atoms with E-state index in [1.807, 2.05) is 0 Å². The van der Waals surface area contributed by atoms with Crippen molar-refractivity contribution < 1.29 is 19.5 Å². The Bertz CT molecular complexity index is 510. The fourth-order valence-electron chi connectivity index (χ4n) is 4.59. The van der Waals surface area contributed by atoms with Crippen molar-refractivity contribution in [2.45, 2.75) is 57.0 Å². The molecule has 7 heteroatoms. The number of aliphatic carboxylic acids is 1. The summed E-state index contributed by atoms with van der Waals surface area (Å²) in [4.78, 5) is 39.2. The SMILES string of the molecule is NC(=O)N1CCC[C@H](C(=O)N2[C@H](C(=O)O)C[C@H]3CCCC[C@@H]32)C1. The first kappa shape index (κ1) is 16.1. The van der Waals surface area contributed by atoms with E-state index in [0.29, 0.717) is 31.8 Å². The Labute approximate surface area is 135 Å². The quantitative estimate of drug-likeness (QED) is 0.791. The van der Waals surface area contributed by atoms with Gasteiger partial charge in [-0.3, -0.25) is 4.79 Å². The summed E-state index contributed by atoms with van der Waals surface area (Å²) < 4.78 is 0. The van der Waals surface area contributed by atoms with E-state index in [2.05, 4.69) is 0 Å². The maximum atomic E-state index is 13.0. The van der Waals surface area contributed by atoms with Crippen molar-refractivity contribution in [2.24, 2.45) is 17.6 Å². The summed E-state index contributed by atoms with van der Waals surface area (Å²) >= 11 is 0. The van der Waals surface area contributed by atoms with Crippen LogP contribution in [0.15, 0.2) is 0 Å². The molecule has 1 saturated carbocycles. The van der Waals surface area contributed by atoms with Crippen molar-refractivity contribution in [1.82, 2.24) is 9.80 Å². The molecule has 2 saturated heterocycles. The zero-order valence-electron chi connectivity index (χ0n) is 13.3. The van der Waals surface area contributed by atoms with Crippen LogP contribution >= 0.6 is 0 Å². The molecule has 2 heterocycles. The van der Waals surface area contributed by atoms with Gasteiger partial charge in [-0.2, -0.15) is 0 Å². The van der Waals surface area contributed by atoms with Gasteiger partial charge in [0.05, 0.1) is 5.92 Å². The summed E-state index contributed by atoms with van der Waals surface area (Å²) in [6.45, 7) is 0.891. The lowest BCUT2D eigenvalue weighted by Crippen LogP contribution is -2.53. The maximum absolute atomic E-state index is 13.0. The molecule has 4 atom stereocenters. The van der Waals surface area contributed by atoms with Gasteiger partial charge < -0.3 is 20.6 Å². The molecule has 0 radical (unpaired) electrons. The predicted molar refractivity (Wildman–Crippen MR) is 82.5 cm³/mol. The van der Waals surface area contributed by atoms with Crippen LogP contribution in [0, 0.1) is 11.8 Å². The van der Waals surface area contributed by atoms with Crippen LogP contribution in [0.5, 0.6) is 0 Å². The van der Waals surface area contributed by atoms with E-state index in [0.717, 1.165) is 32.1 Å². The Morgan fingerprint density at radius 2 is 1.78 bits per heavy atom. The average Bonchev–Trinajstić information content (AvgIpc) is 2.94. The molecule has 23 heavy (non-hydrogen) atoms. The van der Waals surface area contributed by atoms with Gasteiger partial charge in [-0.1, -0.05) is 12.8 Å². The molecule has 3 amide bonds. The van der Waals surface area contributed by atoms with E-state index in [9.17, 15) is 19.5 Å². The van der Waals surface area contributed by atoms with Gasteiger partial charge in [-0.25, -0.2) is 9.59 Å². The van der Waals surface area contributed by atoms with Crippen LogP contribution in [0.25, 0.3) is 0 Å². The van der Waals surface area contributed by atoms with Gasteiger partial charge in [0, 0.05) is 19.1 Å². The smallest absolute Gasteiger partial charge is 0.326 e. The molecule has 2 aliphatic heterocycles. The summed E-state index contributed by atoms with van der Waals surface area (Å²) in [5.74, 6) is -1.02. The number of fused-ring (bicyclic) bond motifs is 1. The van der Waals surface area contributed by atoms with Gasteiger partial charge >= 0.3 is 12.0 Å². The largest absolute Gasteiger partial charge is 0.480 e. The lowest BCUT2D eigenvalue weighted by atomic mass is 9.84. The molecular weight excluding hydrogens is 298 g/mol. The second-order valence-corrected chi connectivity index (χ2v) is 7.07. The van der Waals surface area contributed by atoms with E-state index in [1.54, 1.807) is 4.90 Å². The zero-order valence-corrected chi connectivity index (χ0v) is 13.3. The molecule has 3 aliphatic rings. The Hall–Kier alpha value is -1.79. The number of carboxylic acid groups (broad SMARTS) is 1. The van der Waals surface area contributed by atoms with Crippen molar-refractivity contribution in [3.63, 3.8) is 0 Å². The van der Waals surface area contributed by atoms with Gasteiger partial charge in [-0.15, -0.1) is 0 Å². The lowest BCUT2D eigenvalue weighted by Gasteiger charge is -2.38. The number of nitrogens with zero attached hydrogens (tertiary/aromatic N) is 2. The number of urea groups is 1. The molecule has 128 valence electrons. The number of hydrogen-bond donors (Lipinski definition) is 2. The fraction of sp³-hybridized carbons (Fsp3) is 0.812. The van der Waals surface area contributed by atoms with Crippen LogP contribution in [-0.2, 0) is 9.59 Å². The molecule has 0 unspecified atom stereocenters. The van der Waals surface area contributed by atoms with Gasteiger partial charge in [0.1, 0.15) is 6.04 Å². The van der Waals surface area contributed by atoms with Crippen LogP contribution in [-0.4, -0.2) is 58.0 Å². The van der Waals surface area contributed by atoms with E-state index < -0.39 is 18.0 Å². The lowest BCUT2D eigenvalue weighted by molar-refractivity contribution is -0.152. The first-order chi connectivity index (χ1) is 11.0. The number of hydrogen-bond acceptors (Lipinski definition) is 3. The summed E-state index contributed by atoms with van der Waals surface area (Å²) in [5, 5.41) is 9.54. The maximum Gasteiger partial charge on any atom is 0.326 e. The van der Waals surface area contributed by atoms with Gasteiger partial charge in [-0.05, 0) is 38.0 Å². The van der Waals surface area contributed by atoms with E-state index in [4.69, 9.17) is 5.73 Å². The van der Waals surface area contributed by atoms with Gasteiger partial charge in [0.2, 0.25) is 5.91 Å².